The highest BCUT2D eigenvalue weighted by atomic mass is 35.5. The summed E-state index contributed by atoms with van der Waals surface area (Å²) < 4.78 is 0. The number of hydrogen-bond donors (Lipinski definition) is 1. The van der Waals surface area contributed by atoms with Gasteiger partial charge >= 0.3 is 0 Å². The van der Waals surface area contributed by atoms with Crippen LogP contribution in [-0.2, 0) is 6.42 Å². The standard InChI is InChI=1S/C17H16ClN5O/c1-9-12(18)8-20-15-14(9)21-16(22-15)17(24)23-7-5-13-11(10(23)2)4-3-6-19-13/h3-4,6,8,10H,5,7H2,1-2H3,(H,20,21,22)/t10-/m0/s1. The zero-order valence-corrected chi connectivity index (χ0v) is 14.1. The molecule has 0 unspecified atom stereocenters. The first-order valence-electron chi connectivity index (χ1n) is 7.82. The van der Waals surface area contributed by atoms with E-state index >= 15 is 0 Å². The number of H-pyrrole nitrogens is 1. The van der Waals surface area contributed by atoms with Crippen LogP contribution < -0.4 is 0 Å². The van der Waals surface area contributed by atoms with E-state index in [0.29, 0.717) is 28.6 Å². The van der Waals surface area contributed by atoms with Crippen molar-refractivity contribution in [1.29, 1.82) is 0 Å². The van der Waals surface area contributed by atoms with Gasteiger partial charge in [-0.05, 0) is 31.0 Å². The van der Waals surface area contributed by atoms with Crippen molar-refractivity contribution in [2.75, 3.05) is 6.54 Å². The van der Waals surface area contributed by atoms with Crippen LogP contribution in [0.5, 0.6) is 0 Å². The highest BCUT2D eigenvalue weighted by Gasteiger charge is 2.30. The Morgan fingerprint density at radius 1 is 1.42 bits per heavy atom. The minimum atomic E-state index is -0.134. The molecule has 1 N–H and O–H groups in total. The number of carbonyl (C=O) groups excluding carboxylic acids is 1. The molecule has 1 aliphatic heterocycles. The van der Waals surface area contributed by atoms with Crippen LogP contribution >= 0.6 is 11.6 Å². The maximum atomic E-state index is 12.9. The molecule has 24 heavy (non-hydrogen) atoms. The maximum absolute atomic E-state index is 12.9. The fourth-order valence-electron chi connectivity index (χ4n) is 3.20. The smallest absolute Gasteiger partial charge is 0.290 e. The number of carbonyl (C=O) groups is 1. The van der Waals surface area contributed by atoms with Crippen LogP contribution in [0.25, 0.3) is 11.2 Å². The third-order valence-corrected chi connectivity index (χ3v) is 5.00. The molecule has 1 atom stereocenters. The van der Waals surface area contributed by atoms with Gasteiger partial charge in [-0.1, -0.05) is 17.7 Å². The third kappa shape index (κ3) is 2.26. The molecular formula is C17H16ClN5O. The molecule has 1 aliphatic rings. The SMILES string of the molecule is Cc1c(Cl)cnc2nc(C(=O)N3CCc4ncccc4[C@@H]3C)[nH]c12. The van der Waals surface area contributed by atoms with E-state index in [0.717, 1.165) is 23.2 Å². The number of rotatable bonds is 1. The molecule has 1 amide bonds. The fraction of sp³-hybridized carbons (Fsp3) is 0.294. The Morgan fingerprint density at radius 3 is 3.08 bits per heavy atom. The quantitative estimate of drug-likeness (QED) is 0.738. The second-order valence-electron chi connectivity index (χ2n) is 5.98. The molecule has 0 aliphatic carbocycles. The lowest BCUT2D eigenvalue weighted by Crippen LogP contribution is -2.39. The number of aromatic nitrogens is 4. The van der Waals surface area contributed by atoms with Gasteiger partial charge in [0.25, 0.3) is 5.91 Å². The van der Waals surface area contributed by atoms with E-state index in [1.54, 1.807) is 12.4 Å². The fourth-order valence-corrected chi connectivity index (χ4v) is 3.34. The molecule has 3 aromatic heterocycles. The van der Waals surface area contributed by atoms with Gasteiger partial charge in [-0.2, -0.15) is 0 Å². The lowest BCUT2D eigenvalue weighted by atomic mass is 9.98. The molecule has 0 saturated carbocycles. The number of pyridine rings is 2. The summed E-state index contributed by atoms with van der Waals surface area (Å²) in [7, 11) is 0. The number of nitrogens with one attached hydrogen (secondary N) is 1. The molecule has 7 heteroatoms. The summed E-state index contributed by atoms with van der Waals surface area (Å²) >= 11 is 6.09. The van der Waals surface area contributed by atoms with Crippen LogP contribution in [0.1, 0.15) is 40.4 Å². The Hall–Kier alpha value is -2.47. The number of aromatic amines is 1. The van der Waals surface area contributed by atoms with Gasteiger partial charge in [-0.15, -0.1) is 0 Å². The van der Waals surface area contributed by atoms with Crippen LogP contribution in [-0.4, -0.2) is 37.3 Å². The number of hydrogen-bond acceptors (Lipinski definition) is 4. The summed E-state index contributed by atoms with van der Waals surface area (Å²) in [4.78, 5) is 30.8. The molecule has 4 rings (SSSR count). The second kappa shape index (κ2) is 5.56. The van der Waals surface area contributed by atoms with Crippen LogP contribution in [0.15, 0.2) is 24.5 Å². The highest BCUT2D eigenvalue weighted by molar-refractivity contribution is 6.31. The normalized spacial score (nSPS) is 17.1. The summed E-state index contributed by atoms with van der Waals surface area (Å²) in [6, 6.07) is 3.89. The van der Waals surface area contributed by atoms with Gasteiger partial charge in [0.2, 0.25) is 0 Å². The minimum absolute atomic E-state index is 0.0409. The summed E-state index contributed by atoms with van der Waals surface area (Å²) in [5, 5.41) is 0.552. The van der Waals surface area contributed by atoms with Crippen molar-refractivity contribution in [1.82, 2.24) is 24.8 Å². The van der Waals surface area contributed by atoms with Crippen LogP contribution in [0, 0.1) is 6.92 Å². The van der Waals surface area contributed by atoms with Gasteiger partial charge in [0.1, 0.15) is 0 Å². The van der Waals surface area contributed by atoms with Crippen molar-refractivity contribution < 1.29 is 4.79 Å². The van der Waals surface area contributed by atoms with Crippen molar-refractivity contribution in [2.24, 2.45) is 0 Å². The summed E-state index contributed by atoms with van der Waals surface area (Å²) in [6.45, 7) is 4.51. The number of amides is 1. The Kier molecular flexibility index (Phi) is 3.49. The first-order chi connectivity index (χ1) is 11.6. The van der Waals surface area contributed by atoms with Crippen LogP contribution in [0.3, 0.4) is 0 Å². The first-order valence-corrected chi connectivity index (χ1v) is 8.19. The number of fused-ring (bicyclic) bond motifs is 2. The van der Waals surface area contributed by atoms with Crippen molar-refractivity contribution in [2.45, 2.75) is 26.3 Å². The maximum Gasteiger partial charge on any atom is 0.290 e. The average molecular weight is 342 g/mol. The monoisotopic (exact) mass is 341 g/mol. The van der Waals surface area contributed by atoms with Gasteiger partial charge < -0.3 is 9.88 Å². The van der Waals surface area contributed by atoms with Gasteiger partial charge in [-0.3, -0.25) is 9.78 Å². The molecule has 0 fully saturated rings. The Labute approximate surface area is 143 Å². The molecule has 0 aromatic carbocycles. The number of nitrogens with zero attached hydrogens (tertiary/aromatic N) is 4. The minimum Gasteiger partial charge on any atom is -0.332 e. The van der Waals surface area contributed by atoms with E-state index in [4.69, 9.17) is 11.6 Å². The molecule has 3 aromatic rings. The first kappa shape index (κ1) is 15.1. The second-order valence-corrected chi connectivity index (χ2v) is 6.39. The zero-order valence-electron chi connectivity index (χ0n) is 13.4. The Bertz CT molecular complexity index is 951. The predicted molar refractivity (Wildman–Crippen MR) is 91.0 cm³/mol. The van der Waals surface area contributed by atoms with Crippen LogP contribution in [0.2, 0.25) is 5.02 Å². The molecule has 6 nitrogen and oxygen atoms in total. The number of imidazole rings is 1. The average Bonchev–Trinajstić information content (AvgIpc) is 3.03. The summed E-state index contributed by atoms with van der Waals surface area (Å²) in [5.41, 5.74) is 4.20. The van der Waals surface area contributed by atoms with Crippen LogP contribution in [0.4, 0.5) is 0 Å². The molecule has 4 heterocycles. The topological polar surface area (TPSA) is 74.8 Å². The predicted octanol–water partition coefficient (Wildman–Crippen LogP) is 3.07. The third-order valence-electron chi connectivity index (χ3n) is 4.61. The van der Waals surface area contributed by atoms with Gasteiger partial charge in [0.05, 0.1) is 16.6 Å². The lowest BCUT2D eigenvalue weighted by Gasteiger charge is -2.34. The highest BCUT2D eigenvalue weighted by Crippen LogP contribution is 2.29. The molecule has 0 radical (unpaired) electrons. The van der Waals surface area contributed by atoms with Gasteiger partial charge in [0, 0.05) is 31.1 Å². The van der Waals surface area contributed by atoms with Gasteiger partial charge in [-0.25, -0.2) is 9.97 Å². The van der Waals surface area contributed by atoms with Crippen molar-refractivity contribution in [3.05, 3.63) is 52.2 Å². The number of aryl methyl sites for hydroxylation is 1. The van der Waals surface area contributed by atoms with E-state index in [-0.39, 0.29) is 11.9 Å². The Balaban J connectivity index is 1.71. The molecule has 0 saturated heterocycles. The molecule has 0 spiro atoms. The lowest BCUT2D eigenvalue weighted by molar-refractivity contribution is 0.0665. The zero-order chi connectivity index (χ0) is 16.8. The summed E-state index contributed by atoms with van der Waals surface area (Å²) in [5.74, 6) is 0.160. The molecule has 122 valence electrons. The van der Waals surface area contributed by atoms with Gasteiger partial charge in [0.15, 0.2) is 11.5 Å². The van der Waals surface area contributed by atoms with E-state index in [1.807, 2.05) is 30.9 Å². The van der Waals surface area contributed by atoms with E-state index in [1.165, 1.54) is 0 Å². The van der Waals surface area contributed by atoms with Crippen molar-refractivity contribution >= 4 is 28.7 Å². The van der Waals surface area contributed by atoms with E-state index in [9.17, 15) is 4.79 Å². The van der Waals surface area contributed by atoms with E-state index < -0.39 is 0 Å². The van der Waals surface area contributed by atoms with Crippen molar-refractivity contribution in [3.8, 4) is 0 Å². The Morgan fingerprint density at radius 2 is 2.25 bits per heavy atom. The largest absolute Gasteiger partial charge is 0.332 e. The number of halogens is 1. The van der Waals surface area contributed by atoms with E-state index in [2.05, 4.69) is 19.9 Å². The molecular weight excluding hydrogens is 326 g/mol. The van der Waals surface area contributed by atoms with Crippen molar-refractivity contribution in [3.63, 3.8) is 0 Å². The molecule has 0 bridgehead atoms. The summed E-state index contributed by atoms with van der Waals surface area (Å²) in [6.07, 6.45) is 4.09.